The van der Waals surface area contributed by atoms with Crippen LogP contribution in [0.5, 0.6) is 0 Å². The Labute approximate surface area is 141 Å². The van der Waals surface area contributed by atoms with Gasteiger partial charge in [0.15, 0.2) is 0 Å². The predicted molar refractivity (Wildman–Crippen MR) is 88.5 cm³/mol. The molecule has 0 atom stereocenters. The van der Waals surface area contributed by atoms with Gasteiger partial charge in [-0.05, 0) is 38.1 Å². The third-order valence-corrected chi connectivity index (χ3v) is 4.44. The highest BCUT2D eigenvalue weighted by Gasteiger charge is 2.16. The summed E-state index contributed by atoms with van der Waals surface area (Å²) in [6, 6.07) is 6.64. The van der Waals surface area contributed by atoms with Crippen molar-refractivity contribution < 1.29 is 14.1 Å². The van der Waals surface area contributed by atoms with E-state index in [1.165, 1.54) is 23.7 Å². The number of carbonyl (C=O) groups excluding carboxylic acids is 2. The Bertz CT molecular complexity index is 866. The maximum Gasteiger partial charge on any atom is 0.279 e. The molecular formula is C16H14N4O3S. The molecule has 0 unspecified atom stereocenters. The highest BCUT2D eigenvalue weighted by atomic mass is 32.1. The second-order valence-corrected chi connectivity index (χ2v) is 6.09. The number of rotatable bonds is 3. The van der Waals surface area contributed by atoms with Crippen LogP contribution in [0.2, 0.25) is 0 Å². The molecule has 0 radical (unpaired) electrons. The zero-order chi connectivity index (χ0) is 17.1. The lowest BCUT2D eigenvalue weighted by molar-refractivity contribution is 0.0849. The Morgan fingerprint density at radius 1 is 1.04 bits per heavy atom. The van der Waals surface area contributed by atoms with Gasteiger partial charge in [0.2, 0.25) is 0 Å². The van der Waals surface area contributed by atoms with Crippen molar-refractivity contribution in [3.63, 3.8) is 0 Å². The van der Waals surface area contributed by atoms with Crippen LogP contribution in [-0.2, 0) is 0 Å². The van der Waals surface area contributed by atoms with Gasteiger partial charge in [0.25, 0.3) is 11.8 Å². The molecule has 0 fully saturated rings. The van der Waals surface area contributed by atoms with E-state index in [9.17, 15) is 9.59 Å². The van der Waals surface area contributed by atoms with Crippen LogP contribution in [0.4, 0.5) is 0 Å². The average Bonchev–Trinajstić information content (AvgIpc) is 3.20. The third kappa shape index (κ3) is 3.18. The molecule has 0 aliphatic heterocycles. The summed E-state index contributed by atoms with van der Waals surface area (Å²) in [5.41, 5.74) is 6.84. The fraction of sp³-hybridized carbons (Fsp3) is 0.125. The van der Waals surface area contributed by atoms with Gasteiger partial charge in [-0.2, -0.15) is 0 Å². The van der Waals surface area contributed by atoms with Gasteiger partial charge in [0.05, 0.1) is 16.1 Å². The molecule has 8 heteroatoms. The number of nitrogens with zero attached hydrogens (tertiary/aromatic N) is 2. The van der Waals surface area contributed by atoms with Gasteiger partial charge in [-0.3, -0.25) is 25.4 Å². The number of thiophene rings is 1. The molecule has 0 aliphatic rings. The summed E-state index contributed by atoms with van der Waals surface area (Å²) in [5.74, 6) is -0.0963. The number of pyridine rings is 1. The van der Waals surface area contributed by atoms with E-state index >= 15 is 0 Å². The fourth-order valence-electron chi connectivity index (χ4n) is 2.18. The molecule has 2 amide bonds. The van der Waals surface area contributed by atoms with Crippen LogP contribution in [0.1, 0.15) is 31.5 Å². The molecule has 3 rings (SSSR count). The molecule has 2 N–H and O–H groups in total. The lowest BCUT2D eigenvalue weighted by Gasteiger charge is -2.05. The Hall–Kier alpha value is -3.00. The van der Waals surface area contributed by atoms with Gasteiger partial charge in [0.1, 0.15) is 5.76 Å². The average molecular weight is 342 g/mol. The van der Waals surface area contributed by atoms with Crippen molar-refractivity contribution in [2.75, 3.05) is 0 Å². The van der Waals surface area contributed by atoms with Crippen molar-refractivity contribution in [3.05, 3.63) is 58.6 Å². The van der Waals surface area contributed by atoms with Crippen LogP contribution < -0.4 is 10.9 Å². The monoisotopic (exact) mass is 342 g/mol. The number of amides is 2. The molecule has 3 heterocycles. The maximum absolute atomic E-state index is 12.2. The largest absolute Gasteiger partial charge is 0.361 e. The first-order valence-corrected chi connectivity index (χ1v) is 7.91. The Kier molecular flexibility index (Phi) is 4.39. The third-order valence-electron chi connectivity index (χ3n) is 3.34. The number of aromatic nitrogens is 2. The number of hydrogen-bond donors (Lipinski definition) is 2. The summed E-state index contributed by atoms with van der Waals surface area (Å²) in [7, 11) is 0. The van der Waals surface area contributed by atoms with Crippen molar-refractivity contribution in [3.8, 4) is 10.4 Å². The van der Waals surface area contributed by atoms with Crippen molar-refractivity contribution in [1.82, 2.24) is 21.0 Å². The van der Waals surface area contributed by atoms with Gasteiger partial charge in [-0.25, -0.2) is 0 Å². The molecule has 7 nitrogen and oxygen atoms in total. The molecule has 3 aromatic heterocycles. The van der Waals surface area contributed by atoms with Crippen molar-refractivity contribution >= 4 is 23.2 Å². The topological polar surface area (TPSA) is 97.1 Å². The van der Waals surface area contributed by atoms with Crippen LogP contribution in [0.15, 0.2) is 41.2 Å². The van der Waals surface area contributed by atoms with E-state index < -0.39 is 5.91 Å². The molecular weight excluding hydrogens is 328 g/mol. The van der Waals surface area contributed by atoms with Crippen LogP contribution in [0.3, 0.4) is 0 Å². The molecule has 0 bridgehead atoms. The summed E-state index contributed by atoms with van der Waals surface area (Å²) in [5, 5.41) is 3.91. The van der Waals surface area contributed by atoms with Gasteiger partial charge in [-0.1, -0.05) is 5.16 Å². The fourth-order valence-corrected chi connectivity index (χ4v) is 3.23. The molecule has 122 valence electrons. The highest BCUT2D eigenvalue weighted by Crippen LogP contribution is 2.32. The van der Waals surface area contributed by atoms with Gasteiger partial charge in [0, 0.05) is 22.8 Å². The van der Waals surface area contributed by atoms with E-state index in [0.717, 1.165) is 16.1 Å². The zero-order valence-corrected chi connectivity index (χ0v) is 13.8. The van der Waals surface area contributed by atoms with E-state index in [2.05, 4.69) is 21.0 Å². The summed E-state index contributed by atoms with van der Waals surface area (Å²) < 4.78 is 5.14. The Morgan fingerprint density at radius 2 is 1.75 bits per heavy atom. The molecule has 0 aliphatic carbocycles. The van der Waals surface area contributed by atoms with Crippen LogP contribution >= 0.6 is 11.3 Å². The minimum Gasteiger partial charge on any atom is -0.361 e. The lowest BCUT2D eigenvalue weighted by atomic mass is 10.2. The molecule has 3 aromatic rings. The molecule has 24 heavy (non-hydrogen) atoms. The van der Waals surface area contributed by atoms with Gasteiger partial charge in [-0.15, -0.1) is 11.3 Å². The number of nitrogens with one attached hydrogen (secondary N) is 2. The minimum atomic E-state index is -0.409. The van der Waals surface area contributed by atoms with Gasteiger partial charge < -0.3 is 4.52 Å². The first kappa shape index (κ1) is 15.9. The van der Waals surface area contributed by atoms with Crippen LogP contribution in [-0.4, -0.2) is 22.0 Å². The number of carbonyl (C=O) groups is 2. The number of hydrogen-bond acceptors (Lipinski definition) is 6. The second-order valence-electron chi connectivity index (χ2n) is 5.01. The standard InChI is InChI=1S/C16H14N4O3S/c1-9-14(10(2)23-20-9)12-3-4-13(24-12)16(22)19-18-15(21)11-5-7-17-8-6-11/h3-8H,1-2H3,(H,18,21)(H,19,22). The second kappa shape index (κ2) is 6.63. The highest BCUT2D eigenvalue weighted by molar-refractivity contribution is 7.17. The Morgan fingerprint density at radius 3 is 2.42 bits per heavy atom. The summed E-state index contributed by atoms with van der Waals surface area (Å²) in [6.07, 6.45) is 3.01. The minimum absolute atomic E-state index is 0.389. The summed E-state index contributed by atoms with van der Waals surface area (Å²) in [6.45, 7) is 3.67. The SMILES string of the molecule is Cc1noc(C)c1-c1ccc(C(=O)NNC(=O)c2ccncc2)s1. The first-order valence-electron chi connectivity index (χ1n) is 7.10. The predicted octanol–water partition coefficient (Wildman–Crippen LogP) is 2.49. The van der Waals surface area contributed by atoms with Crippen molar-refractivity contribution in [1.29, 1.82) is 0 Å². The zero-order valence-electron chi connectivity index (χ0n) is 13.0. The normalized spacial score (nSPS) is 10.4. The number of aryl methyl sites for hydroxylation is 2. The smallest absolute Gasteiger partial charge is 0.279 e. The van der Waals surface area contributed by atoms with E-state index in [4.69, 9.17) is 4.52 Å². The van der Waals surface area contributed by atoms with E-state index in [0.29, 0.717) is 16.2 Å². The molecule has 0 saturated carbocycles. The quantitative estimate of drug-likeness (QED) is 0.713. The van der Waals surface area contributed by atoms with Crippen molar-refractivity contribution in [2.45, 2.75) is 13.8 Å². The lowest BCUT2D eigenvalue weighted by Crippen LogP contribution is -2.41. The first-order chi connectivity index (χ1) is 11.6. The molecule has 0 spiro atoms. The summed E-state index contributed by atoms with van der Waals surface area (Å²) >= 11 is 1.30. The Balaban J connectivity index is 1.67. The van der Waals surface area contributed by atoms with E-state index in [-0.39, 0.29) is 5.91 Å². The van der Waals surface area contributed by atoms with Gasteiger partial charge >= 0.3 is 0 Å². The van der Waals surface area contributed by atoms with E-state index in [1.54, 1.807) is 18.2 Å². The van der Waals surface area contributed by atoms with E-state index in [1.807, 2.05) is 19.9 Å². The molecule has 0 aromatic carbocycles. The number of hydrazine groups is 1. The van der Waals surface area contributed by atoms with Crippen LogP contribution in [0.25, 0.3) is 10.4 Å². The molecule has 0 saturated heterocycles. The van der Waals surface area contributed by atoms with Crippen molar-refractivity contribution in [2.24, 2.45) is 0 Å². The van der Waals surface area contributed by atoms with Crippen LogP contribution in [0, 0.1) is 13.8 Å². The maximum atomic E-state index is 12.2. The summed E-state index contributed by atoms with van der Waals surface area (Å²) in [4.78, 5) is 29.2.